The highest BCUT2D eigenvalue weighted by atomic mass is 32.2. The molecule has 11 heteroatoms. The third-order valence-electron chi connectivity index (χ3n) is 5.35. The highest BCUT2D eigenvalue weighted by Gasteiger charge is 2.33. The number of aromatic hydroxyl groups is 1. The Balaban J connectivity index is 1.69. The maximum atomic E-state index is 14.1. The molecule has 1 atom stereocenters. The van der Waals surface area contributed by atoms with Crippen LogP contribution in [0.2, 0.25) is 0 Å². The summed E-state index contributed by atoms with van der Waals surface area (Å²) in [7, 11) is -4.24. The number of nitrogens with zero attached hydrogens (tertiary/aromatic N) is 2. The topological polar surface area (TPSA) is 107 Å². The number of carbonyl (C=O) groups excluding carboxylic acids is 2. The summed E-state index contributed by atoms with van der Waals surface area (Å²) in [6.45, 7) is 0.924. The molecule has 2 aromatic carbocycles. The van der Waals surface area contributed by atoms with Crippen molar-refractivity contribution in [2.45, 2.75) is 17.4 Å². The van der Waals surface area contributed by atoms with Gasteiger partial charge in [0.15, 0.2) is 0 Å². The quantitative estimate of drug-likeness (QED) is 0.580. The average Bonchev–Trinajstić information content (AvgIpc) is 2.81. The Bertz CT molecular complexity index is 1100. The molecule has 0 radical (unpaired) electrons. The second kappa shape index (κ2) is 11.0. The van der Waals surface area contributed by atoms with E-state index >= 15 is 0 Å². The summed E-state index contributed by atoms with van der Waals surface area (Å²) in [4.78, 5) is 28.4. The maximum absolute atomic E-state index is 14.1. The molecule has 33 heavy (non-hydrogen) atoms. The fourth-order valence-electron chi connectivity index (χ4n) is 3.56. The number of sulfonamides is 1. The van der Waals surface area contributed by atoms with Gasteiger partial charge in [0.2, 0.25) is 15.9 Å². The van der Waals surface area contributed by atoms with E-state index in [0.29, 0.717) is 5.75 Å². The van der Waals surface area contributed by atoms with Crippen molar-refractivity contribution in [1.29, 1.82) is 0 Å². The molecule has 0 spiro atoms. The lowest BCUT2D eigenvalue weighted by atomic mass is 10.1. The summed E-state index contributed by atoms with van der Waals surface area (Å²) in [5.74, 6) is -1.22. The van der Waals surface area contributed by atoms with Crippen molar-refractivity contribution in [3.05, 3.63) is 59.9 Å². The number of benzene rings is 2. The molecule has 0 bridgehead atoms. The van der Waals surface area contributed by atoms with Crippen molar-refractivity contribution < 1.29 is 27.5 Å². The van der Waals surface area contributed by atoms with E-state index < -0.39 is 32.7 Å². The Labute approximate surface area is 196 Å². The summed E-state index contributed by atoms with van der Waals surface area (Å²) in [5.41, 5.74) is 0.188. The Morgan fingerprint density at radius 2 is 1.67 bits per heavy atom. The molecule has 8 nitrogen and oxygen atoms in total. The molecule has 1 aliphatic rings. The maximum Gasteiger partial charge on any atom is 0.257 e. The Morgan fingerprint density at radius 1 is 1.06 bits per heavy atom. The highest BCUT2D eigenvalue weighted by Crippen LogP contribution is 2.20. The normalized spacial score (nSPS) is 15.3. The van der Waals surface area contributed by atoms with E-state index in [1.165, 1.54) is 40.9 Å². The minimum absolute atomic E-state index is 0.110. The Hall–Kier alpha value is -2.63. The summed E-state index contributed by atoms with van der Waals surface area (Å²) in [5, 5.41) is 9.92. The fourth-order valence-corrected chi connectivity index (χ4v) is 5.33. The van der Waals surface area contributed by atoms with Crippen LogP contribution < -0.4 is 4.72 Å². The van der Waals surface area contributed by atoms with E-state index in [4.69, 9.17) is 0 Å². The van der Waals surface area contributed by atoms with Crippen LogP contribution in [0.15, 0.2) is 53.4 Å². The number of nitrogens with one attached hydrogen (secondary N) is 1. The molecule has 0 aliphatic carbocycles. The number of amides is 2. The third-order valence-corrected chi connectivity index (χ3v) is 7.49. The first-order chi connectivity index (χ1) is 15.7. The smallest absolute Gasteiger partial charge is 0.257 e. The lowest BCUT2D eigenvalue weighted by molar-refractivity contribution is -0.134. The number of hydrogen-bond donors (Lipinski definition) is 2. The summed E-state index contributed by atoms with van der Waals surface area (Å²) in [6, 6.07) is 10.2. The van der Waals surface area contributed by atoms with Gasteiger partial charge in [0, 0.05) is 26.2 Å². The molecule has 1 aliphatic heterocycles. The van der Waals surface area contributed by atoms with Crippen molar-refractivity contribution >= 4 is 33.6 Å². The lowest BCUT2D eigenvalue weighted by Gasteiger charge is -2.36. The first-order valence-electron chi connectivity index (χ1n) is 10.4. The van der Waals surface area contributed by atoms with E-state index in [0.717, 1.165) is 12.1 Å². The molecule has 1 unspecified atom stereocenters. The zero-order chi connectivity index (χ0) is 24.0. The minimum atomic E-state index is -4.24. The number of rotatable bonds is 8. The molecule has 3 rings (SSSR count). The predicted molar refractivity (Wildman–Crippen MR) is 124 cm³/mol. The monoisotopic (exact) mass is 495 g/mol. The SMILES string of the molecule is CSCCC(NS(=O)(=O)c1ccccc1F)C(=O)N1CCN(C(=O)c2ccccc2O)CC1. The first-order valence-corrected chi connectivity index (χ1v) is 13.2. The molecular weight excluding hydrogens is 469 g/mol. The number of phenolic OH excluding ortho intramolecular Hbond substituents is 1. The van der Waals surface area contributed by atoms with Crippen LogP contribution in [0.1, 0.15) is 16.8 Å². The molecule has 1 fully saturated rings. The molecular formula is C22H26FN3O5S2. The average molecular weight is 496 g/mol. The zero-order valence-electron chi connectivity index (χ0n) is 18.1. The van der Waals surface area contributed by atoms with Gasteiger partial charge in [-0.3, -0.25) is 9.59 Å². The standard InChI is InChI=1S/C22H26FN3O5S2/c1-32-15-10-18(24-33(30,31)20-9-5-3-7-17(20)23)22(29)26-13-11-25(12-14-26)21(28)16-6-2-4-8-19(16)27/h2-9,18,24,27H,10-15H2,1H3. The van der Waals surface area contributed by atoms with E-state index in [9.17, 15) is 27.5 Å². The van der Waals surface area contributed by atoms with Crippen LogP contribution in [0, 0.1) is 5.82 Å². The summed E-state index contributed by atoms with van der Waals surface area (Å²) in [6.07, 6.45) is 2.08. The molecule has 1 heterocycles. The lowest BCUT2D eigenvalue weighted by Crippen LogP contribution is -2.56. The van der Waals surface area contributed by atoms with Crippen LogP contribution in [0.25, 0.3) is 0 Å². The highest BCUT2D eigenvalue weighted by molar-refractivity contribution is 7.98. The van der Waals surface area contributed by atoms with E-state index in [1.54, 1.807) is 17.0 Å². The van der Waals surface area contributed by atoms with Crippen LogP contribution in [0.4, 0.5) is 4.39 Å². The number of piperazine rings is 1. The molecule has 2 N–H and O–H groups in total. The largest absolute Gasteiger partial charge is 0.507 e. The predicted octanol–water partition coefficient (Wildman–Crippen LogP) is 1.92. The molecule has 178 valence electrons. The second-order valence-corrected chi connectivity index (χ2v) is 10.2. The van der Waals surface area contributed by atoms with E-state index in [-0.39, 0.29) is 49.8 Å². The molecule has 2 aromatic rings. The van der Waals surface area contributed by atoms with Crippen LogP contribution in [-0.2, 0) is 14.8 Å². The summed E-state index contributed by atoms with van der Waals surface area (Å²) >= 11 is 1.47. The fraction of sp³-hybridized carbons (Fsp3) is 0.364. The van der Waals surface area contributed by atoms with Crippen LogP contribution >= 0.6 is 11.8 Å². The number of halogens is 1. The van der Waals surface area contributed by atoms with Gasteiger partial charge in [-0.15, -0.1) is 0 Å². The van der Waals surface area contributed by atoms with E-state index in [1.807, 2.05) is 6.26 Å². The van der Waals surface area contributed by atoms with Crippen LogP contribution in [0.3, 0.4) is 0 Å². The Morgan fingerprint density at radius 3 is 2.30 bits per heavy atom. The first kappa shape index (κ1) is 25.0. The third kappa shape index (κ3) is 6.04. The van der Waals surface area contributed by atoms with Gasteiger partial charge < -0.3 is 14.9 Å². The van der Waals surface area contributed by atoms with Crippen molar-refractivity contribution in [3.8, 4) is 5.75 Å². The van der Waals surface area contributed by atoms with Gasteiger partial charge in [-0.1, -0.05) is 24.3 Å². The van der Waals surface area contributed by atoms with Crippen molar-refractivity contribution in [1.82, 2.24) is 14.5 Å². The van der Waals surface area contributed by atoms with Gasteiger partial charge in [0.05, 0.1) is 5.56 Å². The van der Waals surface area contributed by atoms with Gasteiger partial charge in [-0.25, -0.2) is 12.8 Å². The molecule has 2 amide bonds. The van der Waals surface area contributed by atoms with Crippen molar-refractivity contribution in [2.24, 2.45) is 0 Å². The van der Waals surface area contributed by atoms with Crippen molar-refractivity contribution in [2.75, 3.05) is 38.2 Å². The second-order valence-electron chi connectivity index (χ2n) is 7.52. The number of phenols is 1. The van der Waals surface area contributed by atoms with Gasteiger partial charge >= 0.3 is 0 Å². The Kier molecular flexibility index (Phi) is 8.33. The number of para-hydroxylation sites is 1. The molecule has 1 saturated heterocycles. The molecule has 0 aromatic heterocycles. The summed E-state index contributed by atoms with van der Waals surface area (Å²) < 4.78 is 41.9. The van der Waals surface area contributed by atoms with Crippen molar-refractivity contribution in [3.63, 3.8) is 0 Å². The van der Waals surface area contributed by atoms with Gasteiger partial charge in [-0.2, -0.15) is 16.5 Å². The van der Waals surface area contributed by atoms with Gasteiger partial charge in [0.25, 0.3) is 5.91 Å². The minimum Gasteiger partial charge on any atom is -0.507 e. The van der Waals surface area contributed by atoms with E-state index in [2.05, 4.69) is 4.72 Å². The van der Waals surface area contributed by atoms with Gasteiger partial charge in [0.1, 0.15) is 22.5 Å². The number of hydrogen-bond acceptors (Lipinski definition) is 6. The van der Waals surface area contributed by atoms with Crippen LogP contribution in [-0.4, -0.2) is 79.4 Å². The van der Waals surface area contributed by atoms with Gasteiger partial charge in [-0.05, 0) is 42.7 Å². The van der Waals surface area contributed by atoms with Crippen LogP contribution in [0.5, 0.6) is 5.75 Å². The number of carbonyl (C=O) groups is 2. The zero-order valence-corrected chi connectivity index (χ0v) is 19.7. The molecule has 0 saturated carbocycles. The number of thioether (sulfide) groups is 1.